The minimum absolute atomic E-state index is 0.0365. The zero-order valence-electron chi connectivity index (χ0n) is 13.7. The van der Waals surface area contributed by atoms with Crippen molar-refractivity contribution < 1.29 is 9.59 Å². The summed E-state index contributed by atoms with van der Waals surface area (Å²) in [6.07, 6.45) is 5.36. The highest BCUT2D eigenvalue weighted by Gasteiger charge is 2.26. The number of aryl methyl sites for hydroxylation is 1. The van der Waals surface area contributed by atoms with Crippen molar-refractivity contribution in [2.75, 3.05) is 5.32 Å². The second-order valence-corrected chi connectivity index (χ2v) is 6.47. The number of aromatic nitrogens is 2. The van der Waals surface area contributed by atoms with Crippen molar-refractivity contribution in [2.24, 2.45) is 11.0 Å². The third kappa shape index (κ3) is 3.31. The molecule has 0 saturated carbocycles. The Hall–Kier alpha value is -2.96. The van der Waals surface area contributed by atoms with Gasteiger partial charge in [0.1, 0.15) is 0 Å². The van der Waals surface area contributed by atoms with Crippen LogP contribution in [0.2, 0.25) is 0 Å². The summed E-state index contributed by atoms with van der Waals surface area (Å²) in [6, 6.07) is 7.58. The summed E-state index contributed by atoms with van der Waals surface area (Å²) in [7, 11) is 0. The number of nitrogens with zero attached hydrogens (tertiary/aromatic N) is 2. The lowest BCUT2D eigenvalue weighted by Gasteiger charge is -2.21. The highest BCUT2D eigenvalue weighted by Crippen LogP contribution is 2.25. The average molecular weight is 337 g/mol. The predicted molar refractivity (Wildman–Crippen MR) is 93.1 cm³/mol. The Morgan fingerprint density at radius 2 is 2.00 bits per heavy atom. The quantitative estimate of drug-likeness (QED) is 0.796. The van der Waals surface area contributed by atoms with Crippen LogP contribution in [0, 0.1) is 5.92 Å². The third-order valence-corrected chi connectivity index (χ3v) is 4.78. The van der Waals surface area contributed by atoms with Gasteiger partial charge in [0.15, 0.2) is 0 Å². The molecule has 4 rings (SSSR count). The minimum atomic E-state index is -0.0551. The van der Waals surface area contributed by atoms with Gasteiger partial charge in [-0.15, -0.1) is 0 Å². The first kappa shape index (κ1) is 15.6. The number of hydrogen-bond donors (Lipinski definition) is 3. The number of carbonyl (C=O) groups is 2. The Kier molecular flexibility index (Phi) is 4.05. The molecule has 25 heavy (non-hydrogen) atoms. The van der Waals surface area contributed by atoms with Crippen molar-refractivity contribution in [3.05, 3.63) is 47.3 Å². The molecule has 1 aliphatic heterocycles. The van der Waals surface area contributed by atoms with Crippen LogP contribution in [0.1, 0.15) is 36.1 Å². The van der Waals surface area contributed by atoms with Crippen molar-refractivity contribution >= 4 is 23.2 Å². The molecular formula is C18H19N5O2. The van der Waals surface area contributed by atoms with Crippen molar-refractivity contribution in [3.8, 4) is 0 Å². The third-order valence-electron chi connectivity index (χ3n) is 4.78. The molecule has 0 bridgehead atoms. The molecule has 1 aromatic heterocycles. The molecular weight excluding hydrogens is 318 g/mol. The van der Waals surface area contributed by atoms with E-state index in [1.807, 2.05) is 30.5 Å². The first-order valence-corrected chi connectivity index (χ1v) is 8.47. The first-order valence-electron chi connectivity index (χ1n) is 8.47. The van der Waals surface area contributed by atoms with Crippen LogP contribution in [0.3, 0.4) is 0 Å². The van der Waals surface area contributed by atoms with Crippen LogP contribution < -0.4 is 10.7 Å². The molecule has 1 aliphatic carbocycles. The lowest BCUT2D eigenvalue weighted by Crippen LogP contribution is -2.28. The van der Waals surface area contributed by atoms with Crippen molar-refractivity contribution in [2.45, 2.75) is 32.1 Å². The van der Waals surface area contributed by atoms with Crippen LogP contribution in [0.5, 0.6) is 0 Å². The van der Waals surface area contributed by atoms with Crippen molar-refractivity contribution in [1.29, 1.82) is 0 Å². The molecule has 1 atom stereocenters. The van der Waals surface area contributed by atoms with Crippen LogP contribution in [0.25, 0.3) is 0 Å². The molecule has 0 saturated heterocycles. The molecule has 128 valence electrons. The highest BCUT2D eigenvalue weighted by atomic mass is 16.2. The number of H-pyrrole nitrogens is 1. The highest BCUT2D eigenvalue weighted by molar-refractivity contribution is 6.04. The summed E-state index contributed by atoms with van der Waals surface area (Å²) in [4.78, 5) is 23.7. The zero-order valence-corrected chi connectivity index (χ0v) is 13.7. The van der Waals surface area contributed by atoms with Gasteiger partial charge in [-0.05, 0) is 36.1 Å². The topological polar surface area (TPSA) is 99.2 Å². The van der Waals surface area contributed by atoms with Gasteiger partial charge in [0, 0.05) is 36.6 Å². The van der Waals surface area contributed by atoms with Gasteiger partial charge in [-0.3, -0.25) is 14.7 Å². The van der Waals surface area contributed by atoms with E-state index < -0.39 is 0 Å². The summed E-state index contributed by atoms with van der Waals surface area (Å²) in [5, 5.41) is 14.1. The number of nitrogens with one attached hydrogen (secondary N) is 3. The molecule has 7 heteroatoms. The Balaban J connectivity index is 1.40. The monoisotopic (exact) mass is 337 g/mol. The largest absolute Gasteiger partial charge is 0.326 e. The molecule has 3 N–H and O–H groups in total. The lowest BCUT2D eigenvalue weighted by atomic mass is 9.87. The maximum absolute atomic E-state index is 12.5. The van der Waals surface area contributed by atoms with Crippen molar-refractivity contribution in [1.82, 2.24) is 15.6 Å². The maximum Gasteiger partial charge on any atom is 0.240 e. The summed E-state index contributed by atoms with van der Waals surface area (Å²) in [5.41, 5.74) is 7.36. The van der Waals surface area contributed by atoms with Crippen LogP contribution in [-0.4, -0.2) is 27.7 Å². The van der Waals surface area contributed by atoms with E-state index in [0.29, 0.717) is 19.3 Å². The van der Waals surface area contributed by atoms with Crippen LogP contribution in [-0.2, 0) is 22.4 Å². The van der Waals surface area contributed by atoms with Gasteiger partial charge in [-0.25, -0.2) is 5.43 Å². The van der Waals surface area contributed by atoms with E-state index in [0.717, 1.165) is 35.5 Å². The van der Waals surface area contributed by atoms with Gasteiger partial charge in [0.25, 0.3) is 0 Å². The Bertz CT molecular complexity index is 837. The molecule has 0 fully saturated rings. The standard InChI is InChI=1S/C18H19N5O2/c24-17-8-7-15(22-23-17)11-3-5-14(6-4-11)20-18(25)12-1-2-13-10-19-21-16(13)9-12/h3-6,10,12H,1-2,7-9H2,(H,19,21)(H,20,25)(H,23,24). The molecule has 2 amide bonds. The minimum Gasteiger partial charge on any atom is -0.326 e. The SMILES string of the molecule is O=C1CCC(c2ccc(NC(=O)C3CCc4cn[nH]c4C3)cc2)=NN1. The van der Waals surface area contributed by atoms with E-state index in [1.54, 1.807) is 0 Å². The molecule has 1 unspecified atom stereocenters. The van der Waals surface area contributed by atoms with E-state index in [1.165, 1.54) is 5.56 Å². The van der Waals surface area contributed by atoms with Crippen LogP contribution >= 0.6 is 0 Å². The molecule has 0 spiro atoms. The summed E-state index contributed by atoms with van der Waals surface area (Å²) in [6.45, 7) is 0. The van der Waals surface area contributed by atoms with Crippen molar-refractivity contribution in [3.63, 3.8) is 0 Å². The van der Waals surface area contributed by atoms with E-state index >= 15 is 0 Å². The van der Waals surface area contributed by atoms with Gasteiger partial charge in [0.05, 0.1) is 11.9 Å². The first-order chi connectivity index (χ1) is 12.2. The summed E-state index contributed by atoms with van der Waals surface area (Å²) in [5.74, 6) is -0.0543. The van der Waals surface area contributed by atoms with E-state index in [-0.39, 0.29) is 17.7 Å². The number of carbonyl (C=O) groups excluding carboxylic acids is 2. The Morgan fingerprint density at radius 3 is 2.76 bits per heavy atom. The van der Waals surface area contributed by atoms with Gasteiger partial charge in [-0.1, -0.05) is 12.1 Å². The number of hydrazone groups is 1. The molecule has 2 heterocycles. The fourth-order valence-corrected chi connectivity index (χ4v) is 3.30. The van der Waals surface area contributed by atoms with Gasteiger partial charge >= 0.3 is 0 Å². The fraction of sp³-hybridized carbons (Fsp3) is 0.333. The van der Waals surface area contributed by atoms with Gasteiger partial charge in [0.2, 0.25) is 11.8 Å². The smallest absolute Gasteiger partial charge is 0.240 e. The number of amides is 2. The van der Waals surface area contributed by atoms with E-state index in [2.05, 4.69) is 26.0 Å². The number of fused-ring (bicyclic) bond motifs is 1. The number of hydrogen-bond acceptors (Lipinski definition) is 4. The molecule has 2 aliphatic rings. The van der Waals surface area contributed by atoms with Crippen LogP contribution in [0.4, 0.5) is 5.69 Å². The molecule has 1 aromatic carbocycles. The number of rotatable bonds is 3. The number of anilines is 1. The predicted octanol–water partition coefficient (Wildman–Crippen LogP) is 1.77. The van der Waals surface area contributed by atoms with Crippen LogP contribution in [0.15, 0.2) is 35.6 Å². The Labute approximate surface area is 144 Å². The summed E-state index contributed by atoms with van der Waals surface area (Å²) < 4.78 is 0. The summed E-state index contributed by atoms with van der Waals surface area (Å²) >= 11 is 0. The molecule has 0 radical (unpaired) electrons. The van der Waals surface area contributed by atoms with Gasteiger partial charge < -0.3 is 5.32 Å². The normalized spacial score (nSPS) is 19.6. The van der Waals surface area contributed by atoms with E-state index in [4.69, 9.17) is 0 Å². The second kappa shape index (κ2) is 6.51. The average Bonchev–Trinajstić information content (AvgIpc) is 3.11. The van der Waals surface area contributed by atoms with Gasteiger partial charge in [-0.2, -0.15) is 10.2 Å². The second-order valence-electron chi connectivity index (χ2n) is 6.47. The Morgan fingerprint density at radius 1 is 1.16 bits per heavy atom. The fourth-order valence-electron chi connectivity index (χ4n) is 3.30. The zero-order chi connectivity index (χ0) is 17.2. The number of aromatic amines is 1. The molecule has 2 aromatic rings. The maximum atomic E-state index is 12.5. The number of benzene rings is 1. The lowest BCUT2D eigenvalue weighted by molar-refractivity contribution is -0.121. The van der Waals surface area contributed by atoms with E-state index in [9.17, 15) is 9.59 Å². The molecule has 7 nitrogen and oxygen atoms in total.